The highest BCUT2D eigenvalue weighted by atomic mass is 15.2. The van der Waals surface area contributed by atoms with Crippen LogP contribution in [0.5, 0.6) is 0 Å². The fourth-order valence-electron chi connectivity index (χ4n) is 1.43. The fraction of sp³-hybridized carbons (Fsp3) is 0.250. The average Bonchev–Trinajstić information content (AvgIpc) is 2.59. The van der Waals surface area contributed by atoms with E-state index in [0.717, 1.165) is 11.6 Å². The summed E-state index contributed by atoms with van der Waals surface area (Å²) in [6.45, 7) is 4.22. The van der Waals surface area contributed by atoms with E-state index in [-0.39, 0.29) is 0 Å². The minimum absolute atomic E-state index is 0.859. The van der Waals surface area contributed by atoms with E-state index in [1.165, 1.54) is 11.1 Å². The number of imidazole rings is 1. The van der Waals surface area contributed by atoms with Gasteiger partial charge in [-0.15, -0.1) is 0 Å². The van der Waals surface area contributed by atoms with Crippen molar-refractivity contribution in [3.63, 3.8) is 0 Å². The molecule has 3 nitrogen and oxygen atoms in total. The van der Waals surface area contributed by atoms with Crippen LogP contribution < -0.4 is 5.32 Å². The Bertz CT molecular complexity index is 471. The molecule has 2 rings (SSSR count). The largest absolute Gasteiger partial charge is 0.326 e. The predicted octanol–water partition coefficient (Wildman–Crippen LogP) is 2.78. The predicted molar refractivity (Wildman–Crippen MR) is 62.4 cm³/mol. The highest BCUT2D eigenvalue weighted by Gasteiger charge is 2.00. The van der Waals surface area contributed by atoms with Gasteiger partial charge in [-0.3, -0.25) is 0 Å². The molecule has 0 aliphatic carbocycles. The number of benzene rings is 1. The monoisotopic (exact) mass is 201 g/mol. The fourth-order valence-corrected chi connectivity index (χ4v) is 1.43. The molecule has 0 atom stereocenters. The summed E-state index contributed by atoms with van der Waals surface area (Å²) in [5, 5.41) is 3.27. The van der Waals surface area contributed by atoms with Crippen LogP contribution in [0.25, 0.3) is 0 Å². The molecule has 0 saturated carbocycles. The molecule has 0 aliphatic heterocycles. The summed E-state index contributed by atoms with van der Waals surface area (Å²) in [6.07, 6.45) is 3.70. The van der Waals surface area contributed by atoms with Gasteiger partial charge in [-0.25, -0.2) is 4.98 Å². The molecule has 1 aromatic carbocycles. The smallest absolute Gasteiger partial charge is 0.207 e. The molecule has 0 amide bonds. The summed E-state index contributed by atoms with van der Waals surface area (Å²) in [6, 6.07) is 6.31. The van der Waals surface area contributed by atoms with E-state index < -0.39 is 0 Å². The SMILES string of the molecule is Cc1ccc(Nc2nccn2C)cc1C. The zero-order chi connectivity index (χ0) is 10.8. The molecule has 78 valence electrons. The van der Waals surface area contributed by atoms with E-state index in [4.69, 9.17) is 0 Å². The molecule has 3 heteroatoms. The molecule has 0 spiro atoms. The van der Waals surface area contributed by atoms with Gasteiger partial charge < -0.3 is 9.88 Å². The van der Waals surface area contributed by atoms with Crippen LogP contribution in [0.2, 0.25) is 0 Å². The molecule has 1 N–H and O–H groups in total. The topological polar surface area (TPSA) is 29.9 Å². The van der Waals surface area contributed by atoms with Crippen LogP contribution in [0.1, 0.15) is 11.1 Å². The molecule has 0 aliphatic rings. The van der Waals surface area contributed by atoms with E-state index in [9.17, 15) is 0 Å². The van der Waals surface area contributed by atoms with E-state index in [1.54, 1.807) is 6.20 Å². The van der Waals surface area contributed by atoms with Gasteiger partial charge in [0, 0.05) is 25.1 Å². The number of hydrogen-bond acceptors (Lipinski definition) is 2. The number of nitrogens with zero attached hydrogens (tertiary/aromatic N) is 2. The van der Waals surface area contributed by atoms with Gasteiger partial charge in [-0.1, -0.05) is 6.07 Å². The van der Waals surface area contributed by atoms with Gasteiger partial charge in [-0.2, -0.15) is 0 Å². The van der Waals surface area contributed by atoms with Crippen molar-refractivity contribution in [2.75, 3.05) is 5.32 Å². The van der Waals surface area contributed by atoms with Crippen molar-refractivity contribution in [2.45, 2.75) is 13.8 Å². The minimum atomic E-state index is 0.859. The minimum Gasteiger partial charge on any atom is -0.326 e. The van der Waals surface area contributed by atoms with Gasteiger partial charge in [0.1, 0.15) is 0 Å². The average molecular weight is 201 g/mol. The number of aryl methyl sites for hydroxylation is 3. The summed E-state index contributed by atoms with van der Waals surface area (Å²) >= 11 is 0. The quantitative estimate of drug-likeness (QED) is 0.809. The first-order valence-corrected chi connectivity index (χ1v) is 4.98. The van der Waals surface area contributed by atoms with Crippen molar-refractivity contribution in [1.29, 1.82) is 0 Å². The second kappa shape index (κ2) is 3.77. The van der Waals surface area contributed by atoms with E-state index in [2.05, 4.69) is 42.3 Å². The molecular weight excluding hydrogens is 186 g/mol. The molecule has 2 aromatic rings. The first-order chi connectivity index (χ1) is 7.16. The third-order valence-electron chi connectivity index (χ3n) is 2.58. The normalized spacial score (nSPS) is 10.3. The van der Waals surface area contributed by atoms with Crippen molar-refractivity contribution in [1.82, 2.24) is 9.55 Å². The maximum Gasteiger partial charge on any atom is 0.207 e. The van der Waals surface area contributed by atoms with E-state index in [1.807, 2.05) is 17.8 Å². The molecule has 0 bridgehead atoms. The second-order valence-corrected chi connectivity index (χ2v) is 3.79. The molecule has 1 heterocycles. The summed E-state index contributed by atoms with van der Waals surface area (Å²) in [4.78, 5) is 4.22. The van der Waals surface area contributed by atoms with E-state index in [0.29, 0.717) is 0 Å². The summed E-state index contributed by atoms with van der Waals surface area (Å²) in [5.74, 6) is 0.859. The van der Waals surface area contributed by atoms with Gasteiger partial charge in [-0.05, 0) is 37.1 Å². The summed E-state index contributed by atoms with van der Waals surface area (Å²) in [7, 11) is 1.97. The Labute approximate surface area is 89.8 Å². The van der Waals surface area contributed by atoms with Crippen molar-refractivity contribution < 1.29 is 0 Å². The summed E-state index contributed by atoms with van der Waals surface area (Å²) < 4.78 is 1.95. The lowest BCUT2D eigenvalue weighted by Crippen LogP contribution is -1.98. The molecule has 0 radical (unpaired) electrons. The number of anilines is 2. The third kappa shape index (κ3) is 2.01. The Morgan fingerprint density at radius 3 is 2.60 bits per heavy atom. The lowest BCUT2D eigenvalue weighted by molar-refractivity contribution is 0.924. The zero-order valence-electron chi connectivity index (χ0n) is 9.28. The Hall–Kier alpha value is -1.77. The Morgan fingerprint density at radius 2 is 2.00 bits per heavy atom. The van der Waals surface area contributed by atoms with Crippen LogP contribution in [0.4, 0.5) is 11.6 Å². The van der Waals surface area contributed by atoms with Crippen molar-refractivity contribution in [3.8, 4) is 0 Å². The van der Waals surface area contributed by atoms with Crippen LogP contribution in [-0.2, 0) is 7.05 Å². The lowest BCUT2D eigenvalue weighted by atomic mass is 10.1. The Kier molecular flexibility index (Phi) is 2.46. The molecule has 0 fully saturated rings. The highest BCUT2D eigenvalue weighted by molar-refractivity contribution is 5.55. The number of aromatic nitrogens is 2. The Morgan fingerprint density at radius 1 is 1.20 bits per heavy atom. The summed E-state index contributed by atoms with van der Waals surface area (Å²) in [5.41, 5.74) is 3.67. The standard InChI is InChI=1S/C12H15N3/c1-9-4-5-11(8-10(9)2)14-12-13-6-7-15(12)3/h4-8H,1-3H3,(H,13,14). The van der Waals surface area contributed by atoms with Crippen LogP contribution in [-0.4, -0.2) is 9.55 Å². The van der Waals surface area contributed by atoms with Gasteiger partial charge in [0.05, 0.1) is 0 Å². The highest BCUT2D eigenvalue weighted by Crippen LogP contribution is 2.17. The number of rotatable bonds is 2. The van der Waals surface area contributed by atoms with Crippen LogP contribution in [0.3, 0.4) is 0 Å². The van der Waals surface area contributed by atoms with Crippen LogP contribution >= 0.6 is 0 Å². The van der Waals surface area contributed by atoms with Crippen LogP contribution in [0.15, 0.2) is 30.6 Å². The van der Waals surface area contributed by atoms with Crippen molar-refractivity contribution >= 4 is 11.6 Å². The maximum absolute atomic E-state index is 4.22. The molecule has 0 unspecified atom stereocenters. The molecule has 1 aromatic heterocycles. The van der Waals surface area contributed by atoms with Gasteiger partial charge in [0.25, 0.3) is 0 Å². The van der Waals surface area contributed by atoms with Crippen molar-refractivity contribution in [3.05, 3.63) is 41.7 Å². The molecule has 15 heavy (non-hydrogen) atoms. The number of nitrogens with one attached hydrogen (secondary N) is 1. The van der Waals surface area contributed by atoms with E-state index >= 15 is 0 Å². The van der Waals surface area contributed by atoms with Gasteiger partial charge >= 0.3 is 0 Å². The molecular formula is C12H15N3. The Balaban J connectivity index is 2.25. The maximum atomic E-state index is 4.22. The first-order valence-electron chi connectivity index (χ1n) is 4.98. The third-order valence-corrected chi connectivity index (χ3v) is 2.58. The van der Waals surface area contributed by atoms with Gasteiger partial charge in [0.15, 0.2) is 0 Å². The van der Waals surface area contributed by atoms with Gasteiger partial charge in [0.2, 0.25) is 5.95 Å². The lowest BCUT2D eigenvalue weighted by Gasteiger charge is -2.07. The first kappa shape index (κ1) is 9.77. The zero-order valence-corrected chi connectivity index (χ0v) is 9.28. The molecule has 0 saturated heterocycles. The second-order valence-electron chi connectivity index (χ2n) is 3.79. The van der Waals surface area contributed by atoms with Crippen molar-refractivity contribution in [2.24, 2.45) is 7.05 Å². The van der Waals surface area contributed by atoms with Crippen LogP contribution in [0, 0.1) is 13.8 Å². The number of hydrogen-bond donors (Lipinski definition) is 1.